The third kappa shape index (κ3) is 20.1. The van der Waals surface area contributed by atoms with Crippen LogP contribution in [-0.4, -0.2) is 121 Å². The first-order valence-corrected chi connectivity index (χ1v) is 34.4. The summed E-state index contributed by atoms with van der Waals surface area (Å²) in [7, 11) is 0. The van der Waals surface area contributed by atoms with Crippen LogP contribution < -0.4 is 0 Å². The van der Waals surface area contributed by atoms with Gasteiger partial charge in [-0.25, -0.2) is 9.59 Å². The number of piperidine rings is 2. The molecule has 0 N–H and O–H groups in total. The lowest BCUT2D eigenvalue weighted by Gasteiger charge is -2.59. The Morgan fingerprint density at radius 2 is 0.699 bits per heavy atom. The number of nitrogens with zero attached hydrogens (tertiary/aromatic N) is 2. The van der Waals surface area contributed by atoms with E-state index in [0.29, 0.717) is 63.9 Å². The zero-order valence-electron chi connectivity index (χ0n) is 55.9. The quantitative estimate of drug-likeness (QED) is 0.0467. The van der Waals surface area contributed by atoms with Crippen LogP contribution in [0.15, 0.2) is 0 Å². The third-order valence-electron chi connectivity index (χ3n) is 21.0. The molecule has 4 saturated heterocycles. The first-order chi connectivity index (χ1) is 39.3. The molecule has 0 unspecified atom stereocenters. The Kier molecular flexibility index (Phi) is 26.8. The van der Waals surface area contributed by atoms with Gasteiger partial charge in [0.25, 0.3) is 0 Å². The van der Waals surface area contributed by atoms with E-state index in [4.69, 9.17) is 47.6 Å². The maximum absolute atomic E-state index is 13.3. The lowest BCUT2D eigenvalue weighted by Crippen LogP contribution is -2.68. The number of rotatable bonds is 32. The minimum atomic E-state index is -0.722. The molecule has 0 radical (unpaired) electrons. The Hall–Kier alpha value is -1.78. The van der Waals surface area contributed by atoms with E-state index >= 15 is 0 Å². The molecule has 0 aromatic heterocycles. The van der Waals surface area contributed by atoms with Crippen LogP contribution in [0.5, 0.6) is 0 Å². The molecule has 6 fully saturated rings. The van der Waals surface area contributed by atoms with E-state index in [1.54, 1.807) is 0 Å². The zero-order valence-corrected chi connectivity index (χ0v) is 55.9. The summed E-state index contributed by atoms with van der Waals surface area (Å²) in [6.07, 6.45) is 33.3. The van der Waals surface area contributed by atoms with E-state index in [1.807, 2.05) is 0 Å². The fourth-order valence-electron chi connectivity index (χ4n) is 16.0. The molecule has 0 aromatic carbocycles. The van der Waals surface area contributed by atoms with Crippen LogP contribution in [0.25, 0.3) is 0 Å². The number of hydrogen-bond donors (Lipinski definition) is 0. The summed E-state index contributed by atoms with van der Waals surface area (Å²) < 4.78 is 50.7. The van der Waals surface area contributed by atoms with Gasteiger partial charge in [-0.3, -0.25) is 9.68 Å². The molecule has 2 spiro atoms. The Morgan fingerprint density at radius 1 is 0.422 bits per heavy atom. The number of carbonyl (C=O) groups is 2. The van der Waals surface area contributed by atoms with Crippen molar-refractivity contribution in [2.24, 2.45) is 28.1 Å². The number of hydrogen-bond acceptors (Lipinski definition) is 14. The summed E-state index contributed by atoms with van der Waals surface area (Å²) in [5.41, 5.74) is -1.94. The third-order valence-corrected chi connectivity index (χ3v) is 21.0. The van der Waals surface area contributed by atoms with Gasteiger partial charge in [0.2, 0.25) is 0 Å². The smallest absolute Gasteiger partial charge is 0.434 e. The van der Waals surface area contributed by atoms with E-state index in [9.17, 15) is 9.59 Å². The minimum Gasteiger partial charge on any atom is -0.434 e. The molecule has 6 aliphatic rings. The number of unbranched alkanes of at least 4 members (excludes halogenated alkanes) is 16. The fourth-order valence-corrected chi connectivity index (χ4v) is 16.0. The molecule has 2 saturated carbocycles. The Morgan fingerprint density at radius 3 is 0.976 bits per heavy atom. The molecule has 14 heteroatoms. The van der Waals surface area contributed by atoms with E-state index in [0.717, 1.165) is 90.3 Å². The highest BCUT2D eigenvalue weighted by atomic mass is 16.8. The molecule has 4 aliphatic heterocycles. The molecule has 14 nitrogen and oxygen atoms in total. The van der Waals surface area contributed by atoms with Gasteiger partial charge >= 0.3 is 12.3 Å². The normalized spacial score (nSPS) is 27.3. The number of ether oxygens (including phenoxy) is 8. The Balaban J connectivity index is 0.842. The van der Waals surface area contributed by atoms with Gasteiger partial charge in [0.15, 0.2) is 11.6 Å². The van der Waals surface area contributed by atoms with Crippen LogP contribution in [0.4, 0.5) is 9.59 Å². The molecule has 6 rings (SSSR count). The van der Waals surface area contributed by atoms with Crippen molar-refractivity contribution >= 4 is 12.3 Å². The van der Waals surface area contributed by atoms with E-state index in [1.165, 1.54) is 103 Å². The number of carbonyl (C=O) groups excluding carboxylic acids is 2. The van der Waals surface area contributed by atoms with E-state index in [-0.39, 0.29) is 53.0 Å². The van der Waals surface area contributed by atoms with Gasteiger partial charge in [-0.1, -0.05) is 144 Å². The standard InChI is InChI=1S/C69H126N2O12/c1-15-19-21-23-25-27-29-31-33-43-80-70-61(5,6)45-68(46-62(70,7)8)76-51-66(17-3,52-77-68)49-74-59(72)82-57-39-35-55(36-40-57)65(13,14)56-37-41-58(42-38-56)83-60(73)75-50-67(18-4)53-78-69(79-54-67)47-63(9,10)71(64(11,12)48-69)81-44-34-32-30-28-26-24-22-20-16-2/h55-58H,15-54H2,1-14H3. The Bertz CT molecular complexity index is 1720. The predicted octanol–water partition coefficient (Wildman–Crippen LogP) is 17.9. The van der Waals surface area contributed by atoms with Gasteiger partial charge in [0.1, 0.15) is 25.4 Å². The molecule has 83 heavy (non-hydrogen) atoms. The van der Waals surface area contributed by atoms with Crippen LogP contribution >= 0.6 is 0 Å². The van der Waals surface area contributed by atoms with Crippen LogP contribution in [0.3, 0.4) is 0 Å². The van der Waals surface area contributed by atoms with Crippen molar-refractivity contribution < 1.29 is 57.2 Å². The van der Waals surface area contributed by atoms with Crippen molar-refractivity contribution in [3.8, 4) is 0 Å². The summed E-state index contributed by atoms with van der Waals surface area (Å²) in [6.45, 7) is 35.1. The first kappa shape index (κ1) is 70.3. The van der Waals surface area contributed by atoms with Crippen molar-refractivity contribution in [2.45, 2.75) is 348 Å². The molecule has 0 atom stereocenters. The van der Waals surface area contributed by atoms with Crippen LogP contribution in [0.1, 0.15) is 302 Å². The van der Waals surface area contributed by atoms with Gasteiger partial charge in [-0.15, -0.1) is 0 Å². The predicted molar refractivity (Wildman–Crippen MR) is 330 cm³/mol. The average molecular weight is 1180 g/mol. The highest BCUT2D eigenvalue weighted by Gasteiger charge is 2.59. The van der Waals surface area contributed by atoms with Crippen molar-refractivity contribution in [1.29, 1.82) is 0 Å². The van der Waals surface area contributed by atoms with Gasteiger partial charge in [-0.2, -0.15) is 10.1 Å². The van der Waals surface area contributed by atoms with Crippen LogP contribution in [-0.2, 0) is 47.6 Å². The monoisotopic (exact) mass is 1170 g/mol. The van der Waals surface area contributed by atoms with Gasteiger partial charge in [0.05, 0.1) is 50.5 Å². The van der Waals surface area contributed by atoms with Crippen molar-refractivity contribution in [2.75, 3.05) is 52.9 Å². The molecular formula is C69H126N2O12. The molecule has 0 amide bonds. The van der Waals surface area contributed by atoms with Crippen LogP contribution in [0.2, 0.25) is 0 Å². The second kappa shape index (κ2) is 31.6. The molecule has 4 heterocycles. The zero-order chi connectivity index (χ0) is 60.5. The lowest BCUT2D eigenvalue weighted by atomic mass is 9.60. The Labute approximate surface area is 506 Å². The molecule has 484 valence electrons. The lowest BCUT2D eigenvalue weighted by molar-refractivity contribution is -0.384. The minimum absolute atomic E-state index is 0.107. The van der Waals surface area contributed by atoms with E-state index < -0.39 is 34.7 Å². The summed E-state index contributed by atoms with van der Waals surface area (Å²) in [6, 6.07) is 0. The van der Waals surface area contributed by atoms with Crippen molar-refractivity contribution in [3.63, 3.8) is 0 Å². The highest BCUT2D eigenvalue weighted by Crippen LogP contribution is 2.52. The molecular weight excluding hydrogens is 1050 g/mol. The van der Waals surface area contributed by atoms with Gasteiger partial charge < -0.3 is 37.9 Å². The summed E-state index contributed by atoms with van der Waals surface area (Å²) in [5.74, 6) is -0.411. The molecule has 0 bridgehead atoms. The fraction of sp³-hybridized carbons (Fsp3) is 0.971. The highest BCUT2D eigenvalue weighted by molar-refractivity contribution is 5.60. The molecule has 0 aromatic rings. The van der Waals surface area contributed by atoms with Crippen molar-refractivity contribution in [3.05, 3.63) is 0 Å². The van der Waals surface area contributed by atoms with Gasteiger partial charge in [0, 0.05) is 47.8 Å². The van der Waals surface area contributed by atoms with Gasteiger partial charge in [-0.05, 0) is 150 Å². The van der Waals surface area contributed by atoms with E-state index in [2.05, 4.69) is 107 Å². The second-order valence-corrected chi connectivity index (χ2v) is 30.6. The summed E-state index contributed by atoms with van der Waals surface area (Å²) in [4.78, 5) is 39.6. The first-order valence-electron chi connectivity index (χ1n) is 34.4. The number of hydroxylamine groups is 4. The maximum Gasteiger partial charge on any atom is 0.508 e. The average Bonchev–Trinajstić information content (AvgIpc) is 3.61. The summed E-state index contributed by atoms with van der Waals surface area (Å²) >= 11 is 0. The largest absolute Gasteiger partial charge is 0.508 e. The SMILES string of the molecule is CCCCCCCCCCCON1C(C)(C)CC2(CC1(C)C)OCC(CC)(COC(=O)OC1CCC(C(C)(C)C3CCC(OC(=O)OCC4(CC)COC5(CC(C)(C)N(OCCCCCCCCCCC)C(C)(C)C5)OC4)CC3)CC1)CO2. The topological polar surface area (TPSA) is 133 Å². The maximum atomic E-state index is 13.3. The molecule has 2 aliphatic carbocycles. The van der Waals surface area contributed by atoms with Crippen molar-refractivity contribution in [1.82, 2.24) is 10.1 Å². The summed E-state index contributed by atoms with van der Waals surface area (Å²) in [5, 5.41) is 4.42. The second-order valence-electron chi connectivity index (χ2n) is 30.6. The van der Waals surface area contributed by atoms with Crippen LogP contribution in [0, 0.1) is 28.1 Å².